The van der Waals surface area contributed by atoms with Gasteiger partial charge in [-0.25, -0.2) is 0 Å². The molecular formula is C14H22N4O2. The maximum absolute atomic E-state index is 12.2. The van der Waals surface area contributed by atoms with Crippen molar-refractivity contribution in [2.45, 2.75) is 33.2 Å². The minimum Gasteiger partial charge on any atom is -0.385 e. The topological polar surface area (TPSA) is 76.4 Å². The molecule has 0 spiro atoms. The summed E-state index contributed by atoms with van der Waals surface area (Å²) in [7, 11) is 0. The first kappa shape index (κ1) is 16.0. The zero-order valence-corrected chi connectivity index (χ0v) is 12.6. The lowest BCUT2D eigenvalue weighted by atomic mass is 10.1. The van der Waals surface area contributed by atoms with Gasteiger partial charge in [-0.1, -0.05) is 0 Å². The molecule has 1 rings (SSSR count). The Hall–Kier alpha value is -2.03. The van der Waals surface area contributed by atoms with Gasteiger partial charge in [0.15, 0.2) is 0 Å². The first-order chi connectivity index (χ1) is 9.24. The number of nitrogens with zero attached hydrogens (tertiary/aromatic N) is 3. The molecule has 6 heteroatoms. The number of hydrogen-bond acceptors (Lipinski definition) is 4. The second-order valence-electron chi connectivity index (χ2n) is 5.86. The molecule has 0 aromatic carbocycles. The molecule has 0 unspecified atom stereocenters. The minimum atomic E-state index is -0.285. The van der Waals surface area contributed by atoms with E-state index in [1.165, 1.54) is 13.1 Å². The van der Waals surface area contributed by atoms with Crippen LogP contribution in [0.5, 0.6) is 0 Å². The van der Waals surface area contributed by atoms with Gasteiger partial charge in [-0.15, -0.1) is 0 Å². The summed E-state index contributed by atoms with van der Waals surface area (Å²) < 4.78 is 0. The maximum atomic E-state index is 12.2. The van der Waals surface area contributed by atoms with Crippen molar-refractivity contribution < 1.29 is 9.59 Å². The summed E-state index contributed by atoms with van der Waals surface area (Å²) in [5.74, 6) is -0.269. The first-order valence-corrected chi connectivity index (χ1v) is 6.67. The van der Waals surface area contributed by atoms with E-state index in [1.54, 1.807) is 9.80 Å². The van der Waals surface area contributed by atoms with Gasteiger partial charge in [0, 0.05) is 44.8 Å². The lowest BCUT2D eigenvalue weighted by Gasteiger charge is -2.34. The van der Waals surface area contributed by atoms with Crippen molar-refractivity contribution in [3.05, 3.63) is 11.8 Å². The van der Waals surface area contributed by atoms with E-state index in [9.17, 15) is 9.59 Å². The number of carbonyl (C=O) groups is 2. The summed E-state index contributed by atoms with van der Waals surface area (Å²) >= 11 is 0. The molecule has 1 N–H and O–H groups in total. The molecule has 1 fully saturated rings. The van der Waals surface area contributed by atoms with Crippen LogP contribution in [0, 0.1) is 11.3 Å². The Balaban J connectivity index is 2.65. The summed E-state index contributed by atoms with van der Waals surface area (Å²) in [5.41, 5.74) is -0.105. The van der Waals surface area contributed by atoms with Gasteiger partial charge in [-0.3, -0.25) is 9.59 Å². The van der Waals surface area contributed by atoms with E-state index >= 15 is 0 Å². The van der Waals surface area contributed by atoms with Crippen LogP contribution >= 0.6 is 0 Å². The number of nitrogens with one attached hydrogen (secondary N) is 1. The summed E-state index contributed by atoms with van der Waals surface area (Å²) in [4.78, 5) is 26.8. The quantitative estimate of drug-likeness (QED) is 0.588. The van der Waals surface area contributed by atoms with Crippen molar-refractivity contribution in [2.24, 2.45) is 0 Å². The Morgan fingerprint density at radius 3 is 2.05 bits per heavy atom. The Bertz CT molecular complexity index is 449. The normalized spacial score (nSPS) is 16.6. The smallest absolute Gasteiger partial charge is 0.266 e. The van der Waals surface area contributed by atoms with E-state index in [2.05, 4.69) is 5.32 Å². The fraction of sp³-hybridized carbons (Fsp3) is 0.643. The number of nitriles is 1. The second-order valence-corrected chi connectivity index (χ2v) is 5.86. The van der Waals surface area contributed by atoms with E-state index < -0.39 is 0 Å². The van der Waals surface area contributed by atoms with Gasteiger partial charge in [0.05, 0.1) is 0 Å². The zero-order chi connectivity index (χ0) is 15.3. The molecule has 110 valence electrons. The number of rotatable bonds is 2. The predicted molar refractivity (Wildman–Crippen MR) is 75.4 cm³/mol. The molecule has 0 atom stereocenters. The fourth-order valence-electron chi connectivity index (χ4n) is 1.83. The number of carbonyl (C=O) groups excluding carboxylic acids is 2. The predicted octanol–water partition coefficient (Wildman–Crippen LogP) is 0.473. The molecule has 0 radical (unpaired) electrons. The van der Waals surface area contributed by atoms with Crippen molar-refractivity contribution in [3.8, 4) is 6.07 Å². The maximum Gasteiger partial charge on any atom is 0.266 e. The van der Waals surface area contributed by atoms with Gasteiger partial charge in [0.2, 0.25) is 5.91 Å². The van der Waals surface area contributed by atoms with Crippen LogP contribution in [0.25, 0.3) is 0 Å². The molecule has 1 aliphatic heterocycles. The van der Waals surface area contributed by atoms with E-state index in [0.717, 1.165) is 0 Å². The van der Waals surface area contributed by atoms with Crippen molar-refractivity contribution in [3.63, 3.8) is 0 Å². The average molecular weight is 278 g/mol. The third-order valence-electron chi connectivity index (χ3n) is 3.01. The van der Waals surface area contributed by atoms with Crippen LogP contribution in [0.1, 0.15) is 27.7 Å². The van der Waals surface area contributed by atoms with Gasteiger partial charge >= 0.3 is 0 Å². The van der Waals surface area contributed by atoms with Gasteiger partial charge in [0.25, 0.3) is 5.91 Å². The molecule has 0 aliphatic carbocycles. The third kappa shape index (κ3) is 4.57. The largest absolute Gasteiger partial charge is 0.385 e. The van der Waals surface area contributed by atoms with E-state index in [-0.39, 0.29) is 22.9 Å². The molecule has 6 nitrogen and oxygen atoms in total. The van der Waals surface area contributed by atoms with Crippen LogP contribution in [0.4, 0.5) is 0 Å². The summed E-state index contributed by atoms with van der Waals surface area (Å²) in [6.45, 7) is 9.35. The van der Waals surface area contributed by atoms with Crippen LogP contribution < -0.4 is 5.32 Å². The molecular weight excluding hydrogens is 256 g/mol. The molecule has 1 saturated heterocycles. The highest BCUT2D eigenvalue weighted by Gasteiger charge is 2.24. The Morgan fingerprint density at radius 1 is 1.15 bits per heavy atom. The highest BCUT2D eigenvalue weighted by Crippen LogP contribution is 2.08. The molecule has 2 amide bonds. The van der Waals surface area contributed by atoms with Crippen LogP contribution in [-0.4, -0.2) is 53.3 Å². The van der Waals surface area contributed by atoms with E-state index in [1.807, 2.05) is 26.8 Å². The molecule has 0 aromatic heterocycles. The van der Waals surface area contributed by atoms with Crippen molar-refractivity contribution >= 4 is 11.8 Å². The summed E-state index contributed by atoms with van der Waals surface area (Å²) in [6, 6.07) is 1.93. The van der Waals surface area contributed by atoms with Gasteiger partial charge in [0.1, 0.15) is 11.6 Å². The second kappa shape index (κ2) is 6.42. The van der Waals surface area contributed by atoms with Crippen molar-refractivity contribution in [2.75, 3.05) is 26.2 Å². The summed E-state index contributed by atoms with van der Waals surface area (Å²) in [5, 5.41) is 12.1. The Labute approximate surface area is 120 Å². The van der Waals surface area contributed by atoms with Crippen molar-refractivity contribution in [1.29, 1.82) is 5.26 Å². The minimum absolute atomic E-state index is 0.0162. The molecule has 0 saturated carbocycles. The van der Waals surface area contributed by atoms with Crippen LogP contribution in [0.3, 0.4) is 0 Å². The standard InChI is InChI=1S/C14H22N4O2/c1-11(19)17-5-7-18(8-6-17)13(20)12(9-15)10-16-14(2,3)4/h10,16H,5-8H2,1-4H3/b12-10-. The number of hydrogen-bond donors (Lipinski definition) is 1. The number of amides is 2. The lowest BCUT2D eigenvalue weighted by Crippen LogP contribution is -2.50. The zero-order valence-electron chi connectivity index (χ0n) is 12.6. The average Bonchev–Trinajstić information content (AvgIpc) is 2.38. The number of piperazine rings is 1. The highest BCUT2D eigenvalue weighted by molar-refractivity contribution is 5.97. The molecule has 1 heterocycles. The molecule has 1 aliphatic rings. The lowest BCUT2D eigenvalue weighted by molar-refractivity contribution is -0.136. The molecule has 0 aromatic rings. The van der Waals surface area contributed by atoms with E-state index in [0.29, 0.717) is 26.2 Å². The first-order valence-electron chi connectivity index (χ1n) is 6.67. The molecule has 20 heavy (non-hydrogen) atoms. The Kier molecular flexibility index (Phi) is 5.14. The Morgan fingerprint density at radius 2 is 1.65 bits per heavy atom. The van der Waals surface area contributed by atoms with E-state index in [4.69, 9.17) is 5.26 Å². The van der Waals surface area contributed by atoms with Crippen molar-refractivity contribution in [1.82, 2.24) is 15.1 Å². The monoisotopic (exact) mass is 278 g/mol. The van der Waals surface area contributed by atoms with Crippen LogP contribution in [-0.2, 0) is 9.59 Å². The summed E-state index contributed by atoms with van der Waals surface area (Å²) in [6.07, 6.45) is 1.47. The van der Waals surface area contributed by atoms with Crippen LogP contribution in [0.15, 0.2) is 11.8 Å². The molecule has 0 bridgehead atoms. The highest BCUT2D eigenvalue weighted by atomic mass is 16.2. The SMILES string of the molecule is CC(=O)N1CCN(C(=O)/C(C#N)=C\NC(C)(C)C)CC1. The van der Waals surface area contributed by atoms with Gasteiger partial charge in [-0.2, -0.15) is 5.26 Å². The fourth-order valence-corrected chi connectivity index (χ4v) is 1.83. The van der Waals surface area contributed by atoms with Crippen LogP contribution in [0.2, 0.25) is 0 Å². The van der Waals surface area contributed by atoms with Gasteiger partial charge < -0.3 is 15.1 Å². The van der Waals surface area contributed by atoms with Gasteiger partial charge in [-0.05, 0) is 20.8 Å². The third-order valence-corrected chi connectivity index (χ3v) is 3.01.